The van der Waals surface area contributed by atoms with E-state index in [1.54, 1.807) is 54.6 Å². The number of hydrogen-bond acceptors (Lipinski definition) is 24. The van der Waals surface area contributed by atoms with Crippen molar-refractivity contribution in [2.45, 2.75) is 357 Å². The maximum absolute atomic E-state index is 16.2. The van der Waals surface area contributed by atoms with Crippen LogP contribution in [0.25, 0.3) is 33.1 Å². The molecule has 2 unspecified atom stereocenters. The standard InChI is InChI=1S/C37H46F2N3O6.C37H48F2N3O6.C35H44F2N3O6.3V/c1-3-24-30(20-43)42-19-32(24)48-35-34(40-28-13-12-23(46-2)17-29(28)41-35)37(38,39)14-8-7-11-25-26-15-22(26)16-31(25)47-33(44)18-27(36(42)45)21-9-5-4-6-10-21;1-4-26-30(22-43)42-21-31(26)47-34-33(40-28-16-15-25(46-3)19-29(28)41-34)37(38,39)18-9-8-13-24-14-10-17-36(24,2)48-32(44)20-27(35(42)45)23-11-6-5-7-12-23;1-4-24-28(20-41)40-19-29(24)45-32-31(38-26-14-13-23(44-3)16-27(26)39-32)35(36,37)15-9-8-12-22-18-34(22,2)46-30(42)17-25(33(40)43)21-10-6-5-7-11-21;;;/h12-13,17,21-22,24-27,30-32H,3-11,14-16,18-19H2,1-2H3;15-16,19,23-24,26-27,30-31H,4-14,17-18,20-21H2,1-3H3;13-14,16,21-22,24-25,28-29H,4-12,15,17-19H2,1-3H3;;;/q3*-1;;;/t22?,24-,25+,26?,27-,30+,31+,32-;24-,26+,27+,30-,31+,36-;22-,24+,25+,28-,29+,34-;;;/m011.../s1. The van der Waals surface area contributed by atoms with Gasteiger partial charge in [0.15, 0.2) is 17.1 Å². The molecule has 9 heterocycles. The van der Waals surface area contributed by atoms with E-state index in [0.717, 1.165) is 122 Å². The van der Waals surface area contributed by atoms with E-state index < -0.39 is 149 Å². The molecular weight excluding hydrogens is 1990 g/mol. The van der Waals surface area contributed by atoms with Gasteiger partial charge in [-0.3, -0.25) is 28.8 Å². The molecule has 0 spiro atoms. The van der Waals surface area contributed by atoms with E-state index in [1.165, 1.54) is 36.0 Å². The summed E-state index contributed by atoms with van der Waals surface area (Å²) in [4.78, 5) is 153. The molecule has 7 aliphatic carbocycles. The van der Waals surface area contributed by atoms with Gasteiger partial charge in [0.25, 0.3) is 17.8 Å². The molecule has 3 amide bonds. The second-order valence-electron chi connectivity index (χ2n) is 43.2. The van der Waals surface area contributed by atoms with E-state index in [1.807, 2.05) is 34.6 Å². The first kappa shape index (κ1) is 112. The number of fused-ring (bicyclic) bond motifs is 17. The average molecular weight is 2130 g/mol. The number of rotatable bonds is 12. The van der Waals surface area contributed by atoms with Crippen LogP contribution in [0.4, 0.5) is 26.3 Å². The Morgan fingerprint density at radius 3 is 1.04 bits per heavy atom. The van der Waals surface area contributed by atoms with Crippen molar-refractivity contribution >= 4 is 87.6 Å². The average Bonchev–Trinajstić information content (AvgIpc) is 1.79. The van der Waals surface area contributed by atoms with Crippen LogP contribution in [0.2, 0.25) is 0 Å². The molecule has 6 aliphatic heterocycles. The monoisotopic (exact) mass is 2130 g/mol. The molecule has 13 aliphatic rings. The van der Waals surface area contributed by atoms with Gasteiger partial charge in [-0.15, -0.1) is 0 Å². The first-order valence-corrected chi connectivity index (χ1v) is 52.7. The number of hydrogen-bond donors (Lipinski definition) is 0. The van der Waals surface area contributed by atoms with Crippen LogP contribution in [-0.2, 0) is 131 Å². The van der Waals surface area contributed by atoms with Crippen molar-refractivity contribution in [3.05, 3.63) is 71.7 Å². The number of benzene rings is 3. The van der Waals surface area contributed by atoms with Crippen LogP contribution in [0, 0.1) is 82.9 Å². The fourth-order valence-electron chi connectivity index (χ4n) is 26.1. The van der Waals surface area contributed by atoms with Crippen LogP contribution in [0.3, 0.4) is 0 Å². The van der Waals surface area contributed by atoms with E-state index in [2.05, 4.69) is 48.8 Å². The summed E-state index contributed by atoms with van der Waals surface area (Å²) in [5, 5.41) is 0. The minimum absolute atomic E-state index is 0. The Bertz CT molecular complexity index is 5460. The molecule has 6 bridgehead atoms. The van der Waals surface area contributed by atoms with Crippen molar-refractivity contribution < 1.29 is 168 Å². The molecule has 10 fully saturated rings. The third-order valence-corrected chi connectivity index (χ3v) is 34.4. The quantitative estimate of drug-likeness (QED) is 0.0475. The molecule has 787 valence electrons. The minimum Gasteiger partial charge on any atom is -0.540 e. The fourth-order valence-corrected chi connectivity index (χ4v) is 26.1. The van der Waals surface area contributed by atoms with Gasteiger partial charge in [0.1, 0.15) is 52.9 Å². The van der Waals surface area contributed by atoms with Crippen LogP contribution in [0.15, 0.2) is 54.6 Å². The number of amides is 3. The van der Waals surface area contributed by atoms with E-state index in [0.29, 0.717) is 122 Å². The third-order valence-electron chi connectivity index (χ3n) is 34.4. The van der Waals surface area contributed by atoms with E-state index in [9.17, 15) is 43.2 Å². The van der Waals surface area contributed by atoms with Crippen molar-refractivity contribution in [3.63, 3.8) is 0 Å². The van der Waals surface area contributed by atoms with Crippen molar-refractivity contribution in [2.75, 3.05) is 41.0 Å². The SMILES string of the molecule is CC[C@@H]1[C@@H]2CN(C(=O)[C@H](C3CCCCC3)CC(=O)O[C@@H]3CC4CC4[C@H]3CCCCC(F)(F)c3nc4ccc(OC)cc4nc3O2)[C@@H]1[C-]=O.CC[C@@H]1[C@@H]2CN(C(=O)[C@H](C3CCCCC3)CC(=O)O[C@]3(C)CCC[C@H]3CCCCC(F)(F)c3nc4ccc(OC)cc4nc3O2)[C@@H]1[C-]=O.CC[C@@H]1[C@@H]2CN(C(=O)[C@H](C3CCCCC3)CC(=O)O[C@]3(C)C[C@H]3CCCCC(F)(F)c3nc4ccc(OC)cc4nc3O2)[C@@H]1[C-]=O.[V].[V].[V]. The summed E-state index contributed by atoms with van der Waals surface area (Å²) in [5.41, 5.74) is -1.14. The molecule has 27 nitrogen and oxygen atoms in total. The minimum atomic E-state index is -3.36. The van der Waals surface area contributed by atoms with Crippen LogP contribution in [0.5, 0.6) is 34.9 Å². The molecule has 3 aromatic carbocycles. The largest absolute Gasteiger partial charge is 0.540 e. The Kier molecular flexibility index (Phi) is 37.4. The van der Waals surface area contributed by atoms with Crippen molar-refractivity contribution in [1.29, 1.82) is 0 Å². The molecule has 3 radical (unpaired) electrons. The predicted octanol–water partition coefficient (Wildman–Crippen LogP) is 19.9. The number of aromatic nitrogens is 6. The zero-order chi connectivity index (χ0) is 100. The molecule has 3 saturated heterocycles. The molecule has 6 aromatic rings. The first-order valence-electron chi connectivity index (χ1n) is 52.7. The molecule has 3 aromatic heterocycles. The van der Waals surface area contributed by atoms with Crippen LogP contribution < -0.4 is 28.4 Å². The summed E-state index contributed by atoms with van der Waals surface area (Å²) < 4.78 is 150. The maximum Gasteiger partial charge on any atom is 0.307 e. The summed E-state index contributed by atoms with van der Waals surface area (Å²) in [5.74, 6) is -13.8. The van der Waals surface area contributed by atoms with Crippen molar-refractivity contribution in [3.8, 4) is 34.9 Å². The fraction of sp³-hybridized carbons (Fsp3) is 0.697. The normalized spacial score (nSPS) is 32.2. The van der Waals surface area contributed by atoms with Gasteiger partial charge in [0, 0.05) is 99.0 Å². The molecule has 145 heavy (non-hydrogen) atoms. The predicted molar refractivity (Wildman–Crippen MR) is 512 cm³/mol. The molecule has 36 heteroatoms. The van der Waals surface area contributed by atoms with Gasteiger partial charge in [-0.25, -0.2) is 48.8 Å². The number of halogens is 6. The number of ether oxygens (including phenoxy) is 9. The number of esters is 3. The zero-order valence-corrected chi connectivity index (χ0v) is 88.7. The maximum atomic E-state index is 16.2. The van der Waals surface area contributed by atoms with Gasteiger partial charge in [0.05, 0.1) is 111 Å². The summed E-state index contributed by atoms with van der Waals surface area (Å²) in [7, 11) is 4.52. The van der Waals surface area contributed by atoms with Crippen LogP contribution in [-0.4, -0.2) is 194 Å². The summed E-state index contributed by atoms with van der Waals surface area (Å²) in [6.45, 7) is 9.41. The van der Waals surface area contributed by atoms with Crippen LogP contribution >= 0.6 is 0 Å². The Hall–Kier alpha value is -8.36. The van der Waals surface area contributed by atoms with Gasteiger partial charge >= 0.3 is 17.9 Å². The topological polar surface area (TPSA) is 324 Å². The third kappa shape index (κ3) is 24.8. The van der Waals surface area contributed by atoms with Gasteiger partial charge in [-0.05, 0) is 225 Å². The first-order chi connectivity index (χ1) is 68.3. The van der Waals surface area contributed by atoms with Crippen LogP contribution in [0.1, 0.15) is 302 Å². The van der Waals surface area contributed by atoms with Crippen molar-refractivity contribution in [1.82, 2.24) is 44.6 Å². The second kappa shape index (κ2) is 48.3. The van der Waals surface area contributed by atoms with Gasteiger partial charge in [0.2, 0.25) is 35.4 Å². The number of nitrogens with zero attached hydrogens (tertiary/aromatic N) is 9. The van der Waals surface area contributed by atoms with Gasteiger partial charge in [-0.1, -0.05) is 135 Å². The number of methoxy groups -OCH3 is 3. The van der Waals surface area contributed by atoms with E-state index in [-0.39, 0.29) is 208 Å². The molecule has 7 saturated carbocycles. The van der Waals surface area contributed by atoms with E-state index in [4.69, 9.17) is 42.6 Å². The number of carbonyl (C=O) groups is 6. The Morgan fingerprint density at radius 2 is 0.690 bits per heavy atom. The summed E-state index contributed by atoms with van der Waals surface area (Å²) in [6.07, 6.45) is 26.8. The molecule has 19 rings (SSSR count). The summed E-state index contributed by atoms with van der Waals surface area (Å²) in [6, 6.07) is 11.7. The van der Waals surface area contributed by atoms with Gasteiger partial charge in [-0.2, -0.15) is 26.3 Å². The smallest absolute Gasteiger partial charge is 0.307 e. The number of carbonyl (C=O) groups excluding carboxylic acids is 9. The second-order valence-corrected chi connectivity index (χ2v) is 43.2. The summed E-state index contributed by atoms with van der Waals surface area (Å²) >= 11 is 0. The molecule has 20 atom stereocenters. The Labute approximate surface area is 881 Å². The zero-order valence-electron chi connectivity index (χ0n) is 84.5. The Morgan fingerprint density at radius 1 is 0.359 bits per heavy atom. The molecule has 0 N–H and O–H groups in total. The van der Waals surface area contributed by atoms with Crippen molar-refractivity contribution in [2.24, 2.45) is 82.9 Å². The van der Waals surface area contributed by atoms with Gasteiger partial charge < -0.3 is 71.7 Å². The number of alkyl halides is 6. The Balaban J connectivity index is 0.000000170. The molecular formula is C109H138F6N9O18V3-3. The van der Waals surface area contributed by atoms with E-state index >= 15 is 26.3 Å².